The van der Waals surface area contributed by atoms with E-state index in [0.717, 1.165) is 26.9 Å². The van der Waals surface area contributed by atoms with Gasteiger partial charge in [-0.05, 0) is 42.0 Å². The molecule has 0 spiro atoms. The molecule has 9 heteroatoms. The molecule has 2 bridgehead atoms. The molecule has 5 atom stereocenters. The quantitative estimate of drug-likeness (QED) is 0.570. The van der Waals surface area contributed by atoms with Crippen molar-refractivity contribution in [3.8, 4) is 0 Å². The highest BCUT2D eigenvalue weighted by Crippen LogP contribution is 2.64. The Morgan fingerprint density at radius 1 is 1.14 bits per heavy atom. The van der Waals surface area contributed by atoms with Gasteiger partial charge in [0.2, 0.25) is 0 Å². The van der Waals surface area contributed by atoms with Crippen molar-refractivity contribution < 1.29 is 9.59 Å². The van der Waals surface area contributed by atoms with Crippen LogP contribution in [0.2, 0.25) is 5.02 Å². The summed E-state index contributed by atoms with van der Waals surface area (Å²) in [6, 6.07) is 7.05. The van der Waals surface area contributed by atoms with Crippen molar-refractivity contribution >= 4 is 58.8 Å². The van der Waals surface area contributed by atoms with Gasteiger partial charge in [0.05, 0.1) is 28.0 Å². The first-order chi connectivity index (χ1) is 14.0. The summed E-state index contributed by atoms with van der Waals surface area (Å²) in [5.74, 6) is -0.922. The Morgan fingerprint density at radius 3 is 2.69 bits per heavy atom. The molecule has 3 fully saturated rings. The van der Waals surface area contributed by atoms with Crippen molar-refractivity contribution in [1.82, 2.24) is 9.99 Å². The maximum absolute atomic E-state index is 13.1. The highest BCUT2D eigenvalue weighted by atomic mass is 35.5. The van der Waals surface area contributed by atoms with Crippen LogP contribution in [0.15, 0.2) is 44.8 Å². The Balaban J connectivity index is 1.32. The number of fused-ring (bicyclic) bond motifs is 9. The number of carbonyl (C=O) groups is 2. The second-order valence-corrected chi connectivity index (χ2v) is 10.3. The predicted molar refractivity (Wildman–Crippen MR) is 112 cm³/mol. The zero-order valence-corrected chi connectivity index (χ0v) is 17.3. The Morgan fingerprint density at radius 2 is 1.90 bits per heavy atom. The first-order valence-electron chi connectivity index (χ1n) is 9.30. The molecular weight excluding hydrogens is 430 g/mol. The molecule has 0 unspecified atom stereocenters. The number of nitrogens with one attached hydrogen (secondary N) is 1. The fourth-order valence-corrected chi connectivity index (χ4v) is 7.75. The van der Waals surface area contributed by atoms with Crippen LogP contribution >= 0.6 is 34.7 Å². The molecule has 2 aliphatic carbocycles. The van der Waals surface area contributed by atoms with Crippen molar-refractivity contribution in [3.05, 3.63) is 55.0 Å². The number of thioether (sulfide) groups is 1. The van der Waals surface area contributed by atoms with Crippen LogP contribution in [-0.4, -0.2) is 33.3 Å². The third kappa shape index (κ3) is 2.49. The van der Waals surface area contributed by atoms with Gasteiger partial charge in [-0.25, -0.2) is 0 Å². The summed E-state index contributed by atoms with van der Waals surface area (Å²) in [6.45, 7) is 0. The van der Waals surface area contributed by atoms with Gasteiger partial charge in [0, 0.05) is 10.3 Å². The van der Waals surface area contributed by atoms with Crippen molar-refractivity contribution in [3.63, 3.8) is 0 Å². The molecule has 1 aromatic heterocycles. The smallest absolute Gasteiger partial charge is 0.305 e. The summed E-state index contributed by atoms with van der Waals surface area (Å²) in [4.78, 5) is 41.6. The van der Waals surface area contributed by atoms with Crippen LogP contribution < -0.4 is 4.87 Å². The average molecular weight is 444 g/mol. The monoisotopic (exact) mass is 443 g/mol. The lowest BCUT2D eigenvalue weighted by atomic mass is 9.77. The minimum absolute atomic E-state index is 0.0556. The SMILES string of the molecule is O=C1[C@@H]2[C@H]3C[C@@H](C4=Cc5sc(=O)[nH]c5S[C@H]43)[C@H]2C(=O)N1/N=C\c1ccc(Cl)cc1. The second kappa shape index (κ2) is 6.17. The van der Waals surface area contributed by atoms with Crippen LogP contribution in [0, 0.1) is 23.7 Å². The average Bonchev–Trinajstić information content (AvgIpc) is 3.41. The Bertz CT molecular complexity index is 1180. The summed E-state index contributed by atoms with van der Waals surface area (Å²) < 4.78 is 0. The Hall–Kier alpha value is -2.16. The fourth-order valence-electron chi connectivity index (χ4n) is 5.19. The number of nitrogens with zero attached hydrogens (tertiary/aromatic N) is 2. The van der Waals surface area contributed by atoms with E-state index in [0.29, 0.717) is 5.02 Å². The molecule has 2 aliphatic heterocycles. The molecule has 2 amide bonds. The molecule has 2 aromatic rings. The number of hydrogen-bond donors (Lipinski definition) is 1. The first kappa shape index (κ1) is 17.7. The molecule has 0 radical (unpaired) electrons. The van der Waals surface area contributed by atoms with Gasteiger partial charge < -0.3 is 4.98 Å². The maximum atomic E-state index is 13.1. The molecule has 1 N–H and O–H groups in total. The summed E-state index contributed by atoms with van der Waals surface area (Å²) >= 11 is 8.72. The minimum atomic E-state index is -0.338. The number of hydrazone groups is 1. The standard InChI is InChI=1S/C20H14ClN3O3S2/c21-9-3-1-8(2-4-9)7-22-24-18(25)14-10-5-12(15(14)19(24)26)16-11(10)6-13-17(29-16)23-20(27)28-13/h1-4,6-7,10,12,14-16H,5H2,(H,23,27)/b22-7-/t10-,12+,14+,15+,16+/m0/s1. The van der Waals surface area contributed by atoms with Gasteiger partial charge in [0.15, 0.2) is 0 Å². The fraction of sp³-hybridized carbons (Fsp3) is 0.300. The number of hydrogen-bond acceptors (Lipinski definition) is 6. The predicted octanol–water partition coefficient (Wildman–Crippen LogP) is 3.23. The number of H-pyrrole nitrogens is 1. The van der Waals surface area contributed by atoms with Crippen LogP contribution in [0.3, 0.4) is 0 Å². The third-order valence-electron chi connectivity index (χ3n) is 6.32. The van der Waals surface area contributed by atoms with Gasteiger partial charge in [-0.3, -0.25) is 14.4 Å². The van der Waals surface area contributed by atoms with E-state index in [4.69, 9.17) is 11.6 Å². The summed E-state index contributed by atoms with van der Waals surface area (Å²) in [7, 11) is 0. The highest BCUT2D eigenvalue weighted by molar-refractivity contribution is 8.00. The van der Waals surface area contributed by atoms with Gasteiger partial charge in [-0.15, -0.1) is 0 Å². The second-order valence-electron chi connectivity index (χ2n) is 7.73. The number of imide groups is 1. The van der Waals surface area contributed by atoms with Crippen LogP contribution in [-0.2, 0) is 9.59 Å². The number of benzene rings is 1. The van der Waals surface area contributed by atoms with E-state index >= 15 is 0 Å². The maximum Gasteiger partial charge on any atom is 0.305 e. The van der Waals surface area contributed by atoms with Crippen LogP contribution in [0.1, 0.15) is 16.9 Å². The molecule has 6 nitrogen and oxygen atoms in total. The lowest BCUT2D eigenvalue weighted by molar-refractivity contribution is -0.140. The van der Waals surface area contributed by atoms with Gasteiger partial charge in [0.1, 0.15) is 0 Å². The summed E-state index contributed by atoms with van der Waals surface area (Å²) in [6.07, 6.45) is 4.44. The number of amides is 2. The zero-order valence-electron chi connectivity index (χ0n) is 14.9. The number of thiazole rings is 1. The van der Waals surface area contributed by atoms with Crippen LogP contribution in [0.25, 0.3) is 6.08 Å². The first-order valence-corrected chi connectivity index (χ1v) is 11.4. The van der Waals surface area contributed by atoms with E-state index in [9.17, 15) is 14.4 Å². The molecule has 146 valence electrons. The number of aromatic nitrogens is 1. The highest BCUT2D eigenvalue weighted by Gasteiger charge is 2.66. The van der Waals surface area contributed by atoms with E-state index in [1.54, 1.807) is 36.0 Å². The van der Waals surface area contributed by atoms with Gasteiger partial charge in [-0.2, -0.15) is 10.1 Å². The molecule has 1 aromatic carbocycles. The lowest BCUT2D eigenvalue weighted by Crippen LogP contribution is -2.34. The molecule has 3 heterocycles. The molecule has 29 heavy (non-hydrogen) atoms. The minimum Gasteiger partial charge on any atom is -0.307 e. The van der Waals surface area contributed by atoms with Gasteiger partial charge in [-0.1, -0.05) is 52.4 Å². The van der Waals surface area contributed by atoms with Crippen molar-refractivity contribution in [2.75, 3.05) is 0 Å². The van der Waals surface area contributed by atoms with E-state index in [2.05, 4.69) is 16.2 Å². The van der Waals surface area contributed by atoms with Crippen molar-refractivity contribution in [2.45, 2.75) is 16.7 Å². The Labute approximate surface area is 178 Å². The van der Waals surface area contributed by atoms with E-state index in [1.807, 2.05) is 0 Å². The van der Waals surface area contributed by atoms with E-state index in [-0.39, 0.29) is 45.6 Å². The molecule has 2 saturated carbocycles. The Kier molecular flexibility index (Phi) is 3.76. The number of halogens is 1. The number of carbonyl (C=O) groups excluding carboxylic acids is 2. The molecule has 6 rings (SSSR count). The zero-order chi connectivity index (χ0) is 19.9. The van der Waals surface area contributed by atoms with E-state index < -0.39 is 0 Å². The van der Waals surface area contributed by atoms with Crippen LogP contribution in [0.4, 0.5) is 0 Å². The number of aromatic amines is 1. The third-order valence-corrected chi connectivity index (χ3v) is 8.96. The molecular formula is C20H14ClN3O3S2. The summed E-state index contributed by atoms with van der Waals surface area (Å²) in [5, 5.41) is 6.92. The normalized spacial score (nSPS) is 32.0. The largest absolute Gasteiger partial charge is 0.307 e. The molecule has 1 saturated heterocycles. The molecule has 4 aliphatic rings. The van der Waals surface area contributed by atoms with Crippen molar-refractivity contribution in [1.29, 1.82) is 0 Å². The van der Waals surface area contributed by atoms with Crippen LogP contribution in [0.5, 0.6) is 0 Å². The van der Waals surface area contributed by atoms with Gasteiger partial charge >= 0.3 is 4.87 Å². The topological polar surface area (TPSA) is 82.6 Å². The van der Waals surface area contributed by atoms with E-state index in [1.165, 1.54) is 23.1 Å². The van der Waals surface area contributed by atoms with Crippen molar-refractivity contribution in [2.24, 2.45) is 28.8 Å². The lowest BCUT2D eigenvalue weighted by Gasteiger charge is -2.32. The number of rotatable bonds is 2. The summed E-state index contributed by atoms with van der Waals surface area (Å²) in [5.41, 5.74) is 1.98. The van der Waals surface area contributed by atoms with Gasteiger partial charge in [0.25, 0.3) is 11.8 Å².